The summed E-state index contributed by atoms with van der Waals surface area (Å²) in [6, 6.07) is 5.39. The van der Waals surface area contributed by atoms with Gasteiger partial charge in [-0.2, -0.15) is 5.26 Å². The van der Waals surface area contributed by atoms with Crippen LogP contribution in [0.4, 0.5) is 10.1 Å². The van der Waals surface area contributed by atoms with Crippen molar-refractivity contribution < 1.29 is 4.39 Å². The highest BCUT2D eigenvalue weighted by atomic mass is 19.1. The maximum absolute atomic E-state index is 12.3. The molecule has 4 heteroatoms. The number of rotatable bonds is 1. The van der Waals surface area contributed by atoms with E-state index in [2.05, 4.69) is 10.2 Å². The Bertz CT molecular complexity index is 296. The van der Waals surface area contributed by atoms with Crippen molar-refractivity contribution in [3.05, 3.63) is 30.1 Å². The summed E-state index contributed by atoms with van der Waals surface area (Å²) in [4.78, 5) is 0. The molecule has 1 rings (SSSR count). The minimum absolute atomic E-state index is 0.332. The van der Waals surface area contributed by atoms with Gasteiger partial charge in [0.2, 0.25) is 6.19 Å². The molecule has 0 unspecified atom stereocenters. The van der Waals surface area contributed by atoms with Crippen LogP contribution in [-0.2, 0) is 0 Å². The Morgan fingerprint density at radius 2 is 1.91 bits per heavy atom. The van der Waals surface area contributed by atoms with Crippen LogP contribution < -0.4 is 0 Å². The number of nitriles is 1. The van der Waals surface area contributed by atoms with Gasteiger partial charge in [-0.1, -0.05) is 5.11 Å². The summed E-state index contributed by atoms with van der Waals surface area (Å²) in [5.74, 6) is -0.332. The first-order valence-corrected chi connectivity index (χ1v) is 2.88. The number of nitrogens with zero attached hydrogens (tertiary/aromatic N) is 3. The van der Waals surface area contributed by atoms with Crippen molar-refractivity contribution in [2.24, 2.45) is 10.2 Å². The lowest BCUT2D eigenvalue weighted by molar-refractivity contribution is 0.628. The fourth-order valence-corrected chi connectivity index (χ4v) is 0.588. The fourth-order valence-electron chi connectivity index (χ4n) is 0.588. The van der Waals surface area contributed by atoms with E-state index < -0.39 is 0 Å². The molecule has 1 aromatic rings. The predicted octanol–water partition coefficient (Wildman–Crippen LogP) is 2.39. The molecule has 0 aromatic heterocycles. The number of hydrogen-bond donors (Lipinski definition) is 0. The first-order chi connectivity index (χ1) is 5.33. The van der Waals surface area contributed by atoms with Crippen LogP contribution in [0.3, 0.4) is 0 Å². The Morgan fingerprint density at radius 3 is 2.45 bits per heavy atom. The molecule has 0 fully saturated rings. The highest BCUT2D eigenvalue weighted by Gasteiger charge is 1.88. The second-order valence-electron chi connectivity index (χ2n) is 1.78. The van der Waals surface area contributed by atoms with E-state index in [0.29, 0.717) is 5.69 Å². The maximum atomic E-state index is 12.3. The lowest BCUT2D eigenvalue weighted by Gasteiger charge is -1.87. The first-order valence-electron chi connectivity index (χ1n) is 2.88. The largest absolute Gasteiger partial charge is 0.226 e. The maximum Gasteiger partial charge on any atom is 0.226 e. The minimum Gasteiger partial charge on any atom is -0.207 e. The normalized spacial score (nSPS) is 9.82. The van der Waals surface area contributed by atoms with Crippen LogP contribution in [0.15, 0.2) is 34.5 Å². The zero-order valence-electron chi connectivity index (χ0n) is 5.53. The summed E-state index contributed by atoms with van der Waals surface area (Å²) in [6.45, 7) is 0. The van der Waals surface area contributed by atoms with E-state index in [4.69, 9.17) is 5.26 Å². The monoisotopic (exact) mass is 149 g/mol. The molecule has 1 aromatic carbocycles. The van der Waals surface area contributed by atoms with Crippen molar-refractivity contribution in [1.82, 2.24) is 0 Å². The van der Waals surface area contributed by atoms with Gasteiger partial charge in [-0.25, -0.2) is 4.39 Å². The van der Waals surface area contributed by atoms with Gasteiger partial charge in [0.25, 0.3) is 0 Å². The van der Waals surface area contributed by atoms with Crippen molar-refractivity contribution in [3.63, 3.8) is 0 Å². The van der Waals surface area contributed by atoms with Gasteiger partial charge in [-0.3, -0.25) is 0 Å². The van der Waals surface area contributed by atoms with Gasteiger partial charge >= 0.3 is 0 Å². The number of azo groups is 1. The molecule has 0 radical (unpaired) electrons. The van der Waals surface area contributed by atoms with E-state index >= 15 is 0 Å². The summed E-state index contributed by atoms with van der Waals surface area (Å²) in [6.07, 6.45) is 1.50. The molecular weight excluding hydrogens is 145 g/mol. The molecule has 0 amide bonds. The third kappa shape index (κ3) is 2.14. The molecule has 0 N–H and O–H groups in total. The van der Waals surface area contributed by atoms with Gasteiger partial charge in [0, 0.05) is 0 Å². The molecule has 0 saturated carbocycles. The van der Waals surface area contributed by atoms with Crippen LogP contribution in [0.2, 0.25) is 0 Å². The summed E-state index contributed by atoms with van der Waals surface area (Å²) in [5, 5.41) is 14.5. The second-order valence-corrected chi connectivity index (χ2v) is 1.78. The van der Waals surface area contributed by atoms with E-state index in [0.717, 1.165) is 0 Å². The molecule has 0 bridgehead atoms. The molecule has 3 nitrogen and oxygen atoms in total. The fraction of sp³-hybridized carbons (Fsp3) is 0. The molecule has 0 aliphatic rings. The smallest absolute Gasteiger partial charge is 0.207 e. The van der Waals surface area contributed by atoms with Crippen LogP contribution in [0.25, 0.3) is 0 Å². The topological polar surface area (TPSA) is 48.5 Å². The van der Waals surface area contributed by atoms with Gasteiger partial charge in [0.1, 0.15) is 5.82 Å². The Labute approximate surface area is 62.8 Å². The van der Waals surface area contributed by atoms with E-state index in [1.807, 2.05) is 0 Å². The van der Waals surface area contributed by atoms with Crippen molar-refractivity contribution in [2.75, 3.05) is 0 Å². The Morgan fingerprint density at radius 1 is 1.27 bits per heavy atom. The van der Waals surface area contributed by atoms with Crippen molar-refractivity contribution >= 4 is 5.69 Å². The van der Waals surface area contributed by atoms with Crippen LogP contribution in [-0.4, -0.2) is 0 Å². The molecule has 0 spiro atoms. The molecule has 0 aliphatic heterocycles. The lowest BCUT2D eigenvalue weighted by Crippen LogP contribution is -1.68. The molecule has 54 valence electrons. The summed E-state index contributed by atoms with van der Waals surface area (Å²) < 4.78 is 12.3. The number of halogens is 1. The van der Waals surface area contributed by atoms with Gasteiger partial charge in [0.15, 0.2) is 0 Å². The predicted molar refractivity (Wildman–Crippen MR) is 36.5 cm³/mol. The molecule has 0 saturated heterocycles. The van der Waals surface area contributed by atoms with Crippen molar-refractivity contribution in [3.8, 4) is 6.19 Å². The van der Waals surface area contributed by atoms with Crippen LogP contribution >= 0.6 is 0 Å². The first kappa shape index (κ1) is 7.35. The highest BCUT2D eigenvalue weighted by molar-refractivity contribution is 5.35. The lowest BCUT2D eigenvalue weighted by atomic mass is 10.3. The highest BCUT2D eigenvalue weighted by Crippen LogP contribution is 2.11. The molecule has 11 heavy (non-hydrogen) atoms. The second kappa shape index (κ2) is 3.42. The number of hydrogen-bond acceptors (Lipinski definition) is 3. The van der Waals surface area contributed by atoms with E-state index in [1.54, 1.807) is 0 Å². The third-order valence-electron chi connectivity index (χ3n) is 1.04. The molecule has 0 aliphatic carbocycles. The number of benzene rings is 1. The molecule has 0 atom stereocenters. The SMILES string of the molecule is N#CN=Nc1ccc(F)cc1. The van der Waals surface area contributed by atoms with Crippen LogP contribution in [0.1, 0.15) is 0 Å². The molecule has 0 heterocycles. The van der Waals surface area contributed by atoms with Crippen molar-refractivity contribution in [2.45, 2.75) is 0 Å². The van der Waals surface area contributed by atoms with Crippen LogP contribution in [0.5, 0.6) is 0 Å². The quantitative estimate of drug-likeness (QED) is 0.446. The van der Waals surface area contributed by atoms with Gasteiger partial charge < -0.3 is 0 Å². The van der Waals surface area contributed by atoms with E-state index in [9.17, 15) is 4.39 Å². The Hall–Kier alpha value is -1.76. The van der Waals surface area contributed by atoms with Gasteiger partial charge in [-0.05, 0) is 24.3 Å². The average molecular weight is 149 g/mol. The molecular formula is C7H4FN3. The standard InChI is InChI=1S/C7H4FN3/c8-6-1-3-7(4-2-6)11-10-5-9/h1-4H. The zero-order valence-corrected chi connectivity index (χ0v) is 5.53. The summed E-state index contributed by atoms with van der Waals surface area (Å²) >= 11 is 0. The zero-order chi connectivity index (χ0) is 8.10. The van der Waals surface area contributed by atoms with Gasteiger partial charge in [-0.15, -0.1) is 5.11 Å². The van der Waals surface area contributed by atoms with Gasteiger partial charge in [0.05, 0.1) is 5.69 Å². The van der Waals surface area contributed by atoms with Crippen LogP contribution in [0, 0.1) is 17.3 Å². The van der Waals surface area contributed by atoms with E-state index in [1.165, 1.54) is 30.5 Å². The Kier molecular flexibility index (Phi) is 2.28. The average Bonchev–Trinajstić information content (AvgIpc) is 2.04. The Balaban J connectivity index is 2.84. The minimum atomic E-state index is -0.332. The summed E-state index contributed by atoms with van der Waals surface area (Å²) in [5.41, 5.74) is 0.466. The van der Waals surface area contributed by atoms with Crippen molar-refractivity contribution in [1.29, 1.82) is 5.26 Å². The summed E-state index contributed by atoms with van der Waals surface area (Å²) in [7, 11) is 0. The van der Waals surface area contributed by atoms with E-state index in [-0.39, 0.29) is 5.82 Å². The third-order valence-corrected chi connectivity index (χ3v) is 1.04.